The fourth-order valence-corrected chi connectivity index (χ4v) is 11.5. The van der Waals surface area contributed by atoms with Crippen LogP contribution in [-0.2, 0) is 65.4 Å². The van der Waals surface area contributed by atoms with Crippen LogP contribution in [0.2, 0.25) is 0 Å². The van der Waals surface area contributed by atoms with Crippen molar-refractivity contribution in [1.29, 1.82) is 0 Å². The van der Waals surface area contributed by atoms with E-state index in [1.54, 1.807) is 0 Å². The van der Waals surface area contributed by atoms with E-state index in [0.717, 1.165) is 127 Å². The van der Waals surface area contributed by atoms with Crippen LogP contribution in [-0.4, -0.2) is 96.7 Å². The first-order valence-electron chi connectivity index (χ1n) is 35.7. The Balaban J connectivity index is 5.29. The van der Waals surface area contributed by atoms with Crippen LogP contribution in [0.15, 0.2) is 24.3 Å². The van der Waals surface area contributed by atoms with Gasteiger partial charge in [-0.05, 0) is 69.1 Å². The van der Waals surface area contributed by atoms with E-state index in [1.165, 1.54) is 109 Å². The number of carbonyl (C=O) groups excluding carboxylic acids is 4. The highest BCUT2D eigenvalue weighted by atomic mass is 31.2. The van der Waals surface area contributed by atoms with Crippen LogP contribution >= 0.6 is 15.6 Å². The SMILES string of the molecule is CCCCCC/C=C\C=C/CCCCCCCC(=O)O[C@H](COC(=O)CCCCCCCCCC(C)C)COP(=O)(O)OCC(O)COP(=O)(O)OC[C@@H](COC(=O)CCCCCCCCC(C)CC)OC(=O)CCCCCCCCCCCCC(C)CC. The maximum absolute atomic E-state index is 13.0. The van der Waals surface area contributed by atoms with Crippen molar-refractivity contribution in [2.24, 2.45) is 17.8 Å². The molecule has 0 rings (SSSR count). The van der Waals surface area contributed by atoms with Gasteiger partial charge >= 0.3 is 39.5 Å². The molecule has 0 bridgehead atoms. The van der Waals surface area contributed by atoms with E-state index in [9.17, 15) is 43.2 Å². The van der Waals surface area contributed by atoms with Gasteiger partial charge in [0, 0.05) is 25.7 Å². The van der Waals surface area contributed by atoms with Crippen molar-refractivity contribution in [3.8, 4) is 0 Å². The second kappa shape index (κ2) is 60.5. The molecule has 0 fully saturated rings. The van der Waals surface area contributed by atoms with Gasteiger partial charge in [-0.15, -0.1) is 0 Å². The molecule has 0 aromatic carbocycles. The second-order valence-electron chi connectivity index (χ2n) is 25.5. The third kappa shape index (κ3) is 61.5. The smallest absolute Gasteiger partial charge is 0.462 e. The highest BCUT2D eigenvalue weighted by Crippen LogP contribution is 2.45. The summed E-state index contributed by atoms with van der Waals surface area (Å²) < 4.78 is 68.2. The van der Waals surface area contributed by atoms with Crippen LogP contribution in [0, 0.1) is 17.8 Å². The van der Waals surface area contributed by atoms with Gasteiger partial charge in [0.25, 0.3) is 0 Å². The molecule has 0 radical (unpaired) electrons. The number of hydrogen-bond acceptors (Lipinski definition) is 15. The van der Waals surface area contributed by atoms with Crippen molar-refractivity contribution in [3.63, 3.8) is 0 Å². The van der Waals surface area contributed by atoms with Gasteiger partial charge in [-0.2, -0.15) is 0 Å². The molecule has 0 saturated heterocycles. The number of hydrogen-bond donors (Lipinski definition) is 3. The molecular formula is C70H132O17P2. The van der Waals surface area contributed by atoms with Crippen molar-refractivity contribution in [3.05, 3.63) is 24.3 Å². The number of aliphatic hydroxyl groups excluding tert-OH is 1. The minimum absolute atomic E-state index is 0.0836. The van der Waals surface area contributed by atoms with E-state index < -0.39 is 97.5 Å². The number of esters is 4. The van der Waals surface area contributed by atoms with E-state index in [4.69, 9.17) is 37.0 Å². The zero-order valence-corrected chi connectivity index (χ0v) is 59.2. The monoisotopic (exact) mass is 1310 g/mol. The van der Waals surface area contributed by atoms with Gasteiger partial charge < -0.3 is 33.8 Å². The van der Waals surface area contributed by atoms with Gasteiger partial charge in [-0.25, -0.2) is 9.13 Å². The summed E-state index contributed by atoms with van der Waals surface area (Å²) in [5, 5.41) is 10.6. The summed E-state index contributed by atoms with van der Waals surface area (Å²) in [6.45, 7) is 11.7. The number of unbranched alkanes of at least 4 members (excludes halogenated alkanes) is 29. The normalized spacial score (nSPS) is 15.0. The van der Waals surface area contributed by atoms with Crippen LogP contribution in [0.4, 0.5) is 0 Å². The lowest BCUT2D eigenvalue weighted by molar-refractivity contribution is -0.161. The average molecular weight is 1310 g/mol. The molecule has 7 atom stereocenters. The zero-order chi connectivity index (χ0) is 65.9. The number of aliphatic hydroxyl groups is 1. The lowest BCUT2D eigenvalue weighted by Gasteiger charge is -2.21. The van der Waals surface area contributed by atoms with E-state index in [2.05, 4.69) is 72.8 Å². The predicted molar refractivity (Wildman–Crippen MR) is 358 cm³/mol. The second-order valence-corrected chi connectivity index (χ2v) is 28.5. The van der Waals surface area contributed by atoms with E-state index in [1.807, 2.05) is 0 Å². The van der Waals surface area contributed by atoms with E-state index in [-0.39, 0.29) is 25.7 Å². The molecule has 0 aromatic heterocycles. The molecule has 0 spiro atoms. The number of rotatable bonds is 66. The first kappa shape index (κ1) is 86.5. The largest absolute Gasteiger partial charge is 0.472 e. The highest BCUT2D eigenvalue weighted by Gasteiger charge is 2.30. The van der Waals surface area contributed by atoms with Crippen molar-refractivity contribution in [1.82, 2.24) is 0 Å². The zero-order valence-electron chi connectivity index (χ0n) is 57.4. The lowest BCUT2D eigenvalue weighted by atomic mass is 9.99. The van der Waals surface area contributed by atoms with Crippen LogP contribution in [0.3, 0.4) is 0 Å². The Labute approximate surface area is 542 Å². The minimum Gasteiger partial charge on any atom is -0.462 e. The first-order chi connectivity index (χ1) is 42.8. The Bertz CT molecular complexity index is 1850. The molecule has 17 nitrogen and oxygen atoms in total. The Kier molecular flexibility index (Phi) is 58.8. The summed E-state index contributed by atoms with van der Waals surface area (Å²) in [5.41, 5.74) is 0. The van der Waals surface area contributed by atoms with Crippen LogP contribution in [0.25, 0.3) is 0 Å². The van der Waals surface area contributed by atoms with Gasteiger partial charge in [0.2, 0.25) is 0 Å². The van der Waals surface area contributed by atoms with Crippen LogP contribution < -0.4 is 0 Å². The Morgan fingerprint density at radius 1 is 0.371 bits per heavy atom. The summed E-state index contributed by atoms with van der Waals surface area (Å²) in [4.78, 5) is 72.5. The maximum Gasteiger partial charge on any atom is 0.472 e. The first-order valence-corrected chi connectivity index (χ1v) is 38.7. The molecule has 524 valence electrons. The molecule has 3 N–H and O–H groups in total. The Morgan fingerprint density at radius 2 is 0.663 bits per heavy atom. The molecule has 0 aliphatic heterocycles. The Morgan fingerprint density at radius 3 is 1.00 bits per heavy atom. The van der Waals surface area contributed by atoms with Crippen molar-refractivity contribution >= 4 is 39.5 Å². The maximum atomic E-state index is 13.0. The van der Waals surface area contributed by atoms with E-state index >= 15 is 0 Å². The summed E-state index contributed by atoms with van der Waals surface area (Å²) in [6.07, 6.45) is 46.7. The molecule has 0 aliphatic rings. The van der Waals surface area contributed by atoms with E-state index in [0.29, 0.717) is 31.6 Å². The molecule has 5 unspecified atom stereocenters. The van der Waals surface area contributed by atoms with Gasteiger partial charge in [0.1, 0.15) is 19.3 Å². The number of carbonyl (C=O) groups is 4. The van der Waals surface area contributed by atoms with Crippen molar-refractivity contribution in [2.75, 3.05) is 39.6 Å². The molecule has 0 aliphatic carbocycles. The van der Waals surface area contributed by atoms with Crippen molar-refractivity contribution in [2.45, 2.75) is 343 Å². The molecular weight excluding hydrogens is 1170 g/mol. The highest BCUT2D eigenvalue weighted by molar-refractivity contribution is 7.47. The topological polar surface area (TPSA) is 237 Å². The Hall–Kier alpha value is -2.46. The number of allylic oxidation sites excluding steroid dienone is 4. The molecule has 0 saturated carbocycles. The molecule has 0 amide bonds. The molecule has 0 aromatic rings. The summed E-state index contributed by atoms with van der Waals surface area (Å²) in [6, 6.07) is 0. The summed E-state index contributed by atoms with van der Waals surface area (Å²) in [7, 11) is -9.91. The van der Waals surface area contributed by atoms with Gasteiger partial charge in [-0.1, -0.05) is 272 Å². The number of phosphoric ester groups is 2. The quantitative estimate of drug-likeness (QED) is 0.0169. The number of phosphoric acid groups is 2. The molecule has 19 heteroatoms. The molecule has 0 heterocycles. The van der Waals surface area contributed by atoms with Gasteiger partial charge in [-0.3, -0.25) is 37.3 Å². The average Bonchev–Trinajstić information content (AvgIpc) is 3.71. The lowest BCUT2D eigenvalue weighted by Crippen LogP contribution is -2.30. The minimum atomic E-state index is -4.96. The standard InChI is InChI=1S/C70H132O17P2/c1-8-11-12-13-14-15-16-17-18-19-20-24-29-39-46-53-69(74)86-65(57-80-67(72)51-44-37-31-26-27-34-41-48-61(4)5)59-84-88(76,77)82-55-64(71)56-83-89(78,79)85-60-66(58-81-68(73)52-45-38-33-32-36-43-50-63(7)10-3)87-70(75)54-47-40-30-25-22-21-23-28-35-42-49-62(6)9-2/h15-18,61-66,71H,8-14,19-60H2,1-7H3,(H,76,77)(H,78,79)/b16-15-,18-17-/t62?,63?,64?,65-,66-/m1/s1. The fraction of sp³-hybridized carbons (Fsp3) is 0.886. The van der Waals surface area contributed by atoms with Crippen LogP contribution in [0.5, 0.6) is 0 Å². The number of ether oxygens (including phenoxy) is 4. The van der Waals surface area contributed by atoms with Gasteiger partial charge in [0.05, 0.1) is 26.4 Å². The third-order valence-electron chi connectivity index (χ3n) is 16.2. The third-order valence-corrected chi connectivity index (χ3v) is 18.1. The van der Waals surface area contributed by atoms with Gasteiger partial charge in [0.15, 0.2) is 12.2 Å². The summed E-state index contributed by atoms with van der Waals surface area (Å²) in [5.74, 6) is 0.0727. The molecule has 89 heavy (non-hydrogen) atoms. The predicted octanol–water partition coefficient (Wildman–Crippen LogP) is 19.4. The van der Waals surface area contributed by atoms with Crippen LogP contribution in [0.1, 0.15) is 325 Å². The van der Waals surface area contributed by atoms with Crippen molar-refractivity contribution < 1.29 is 80.2 Å². The fourth-order valence-electron chi connectivity index (χ4n) is 9.94. The summed E-state index contributed by atoms with van der Waals surface area (Å²) >= 11 is 0.